The number of hydrogen-bond acceptors (Lipinski definition) is 6. The monoisotopic (exact) mass is 335 g/mol. The summed E-state index contributed by atoms with van der Waals surface area (Å²) in [4.78, 5) is 11.2. The lowest BCUT2D eigenvalue weighted by atomic mass is 10.1. The molecular formula is C16H21N3O3S. The fourth-order valence-corrected chi connectivity index (χ4v) is 2.91. The Morgan fingerprint density at radius 1 is 1.35 bits per heavy atom. The molecule has 0 radical (unpaired) electrons. The first kappa shape index (κ1) is 17.3. The highest BCUT2D eigenvalue weighted by molar-refractivity contribution is 7.99. The topological polar surface area (TPSA) is 66.2 Å². The van der Waals surface area contributed by atoms with E-state index in [0.717, 1.165) is 11.3 Å². The van der Waals surface area contributed by atoms with E-state index in [1.54, 1.807) is 0 Å². The zero-order valence-corrected chi connectivity index (χ0v) is 14.8. The molecule has 0 bridgehead atoms. The zero-order chi connectivity index (χ0) is 17.0. The molecule has 23 heavy (non-hydrogen) atoms. The van der Waals surface area contributed by atoms with Gasteiger partial charge in [-0.05, 0) is 32.4 Å². The number of esters is 1. The van der Waals surface area contributed by atoms with E-state index in [2.05, 4.69) is 21.0 Å². The van der Waals surface area contributed by atoms with Gasteiger partial charge in [-0.1, -0.05) is 29.5 Å². The SMILES string of the molecule is COC(=O)CSc1nnc([C@@H](C)Oc2ccc(C)cc2C)n1C. The summed E-state index contributed by atoms with van der Waals surface area (Å²) in [6, 6.07) is 6.06. The predicted molar refractivity (Wildman–Crippen MR) is 88.7 cm³/mol. The van der Waals surface area contributed by atoms with Gasteiger partial charge in [-0.2, -0.15) is 0 Å². The molecule has 0 aliphatic carbocycles. The Labute approximate surface area is 140 Å². The second-order valence-electron chi connectivity index (χ2n) is 5.29. The molecule has 0 aliphatic rings. The molecular weight excluding hydrogens is 314 g/mol. The first-order chi connectivity index (χ1) is 10.9. The first-order valence-corrected chi connectivity index (χ1v) is 8.23. The second-order valence-corrected chi connectivity index (χ2v) is 6.24. The van der Waals surface area contributed by atoms with E-state index >= 15 is 0 Å². The number of thioether (sulfide) groups is 1. The number of aromatic nitrogens is 3. The molecule has 1 atom stereocenters. The molecule has 6 nitrogen and oxygen atoms in total. The summed E-state index contributed by atoms with van der Waals surface area (Å²) in [5.74, 6) is 1.45. The Kier molecular flexibility index (Phi) is 5.65. The molecule has 0 fully saturated rings. The summed E-state index contributed by atoms with van der Waals surface area (Å²) >= 11 is 1.29. The third-order valence-corrected chi connectivity index (χ3v) is 4.41. The lowest BCUT2D eigenvalue weighted by Crippen LogP contribution is -2.11. The van der Waals surface area contributed by atoms with Gasteiger partial charge in [-0.3, -0.25) is 4.79 Å². The van der Waals surface area contributed by atoms with Crippen molar-refractivity contribution < 1.29 is 14.3 Å². The maximum atomic E-state index is 11.2. The predicted octanol–water partition coefficient (Wildman–Crippen LogP) is 2.84. The fourth-order valence-electron chi connectivity index (χ4n) is 2.16. The third-order valence-electron chi connectivity index (χ3n) is 3.41. The standard InChI is InChI=1S/C16H21N3O3S/c1-10-6-7-13(11(2)8-10)22-12(3)15-17-18-16(19(15)4)23-9-14(20)21-5/h6-8,12H,9H2,1-5H3/t12-/m1/s1. The van der Waals surface area contributed by atoms with Gasteiger partial charge in [0.25, 0.3) is 0 Å². The van der Waals surface area contributed by atoms with Crippen LogP contribution in [0.25, 0.3) is 0 Å². The van der Waals surface area contributed by atoms with E-state index in [1.807, 2.05) is 44.5 Å². The van der Waals surface area contributed by atoms with Gasteiger partial charge in [0.15, 0.2) is 17.1 Å². The Balaban J connectivity index is 2.09. The lowest BCUT2D eigenvalue weighted by molar-refractivity contribution is -0.137. The summed E-state index contributed by atoms with van der Waals surface area (Å²) in [7, 11) is 3.22. The van der Waals surface area contributed by atoms with Crippen LogP contribution in [0.5, 0.6) is 5.75 Å². The summed E-state index contributed by atoms with van der Waals surface area (Å²) < 4.78 is 12.5. The number of ether oxygens (including phenoxy) is 2. The molecule has 1 heterocycles. The van der Waals surface area contributed by atoms with Gasteiger partial charge in [0.1, 0.15) is 5.75 Å². The number of methoxy groups -OCH3 is 1. The minimum Gasteiger partial charge on any atom is -0.482 e. The lowest BCUT2D eigenvalue weighted by Gasteiger charge is -2.16. The molecule has 1 aromatic carbocycles. The van der Waals surface area contributed by atoms with Gasteiger partial charge in [0.05, 0.1) is 12.9 Å². The van der Waals surface area contributed by atoms with E-state index in [4.69, 9.17) is 4.74 Å². The zero-order valence-electron chi connectivity index (χ0n) is 14.0. The molecule has 0 N–H and O–H groups in total. The maximum Gasteiger partial charge on any atom is 0.316 e. The van der Waals surface area contributed by atoms with Gasteiger partial charge in [-0.15, -0.1) is 10.2 Å². The van der Waals surface area contributed by atoms with Crippen LogP contribution in [0.3, 0.4) is 0 Å². The highest BCUT2D eigenvalue weighted by Gasteiger charge is 2.18. The normalized spacial score (nSPS) is 12.0. The van der Waals surface area contributed by atoms with Crippen LogP contribution in [0.4, 0.5) is 0 Å². The van der Waals surface area contributed by atoms with Crippen molar-refractivity contribution in [2.45, 2.75) is 32.0 Å². The smallest absolute Gasteiger partial charge is 0.316 e. The van der Waals surface area contributed by atoms with Crippen LogP contribution in [0.1, 0.15) is 30.0 Å². The summed E-state index contributed by atoms with van der Waals surface area (Å²) in [6.07, 6.45) is -0.249. The van der Waals surface area contributed by atoms with E-state index in [1.165, 1.54) is 24.4 Å². The molecule has 0 spiro atoms. The average molecular weight is 335 g/mol. The van der Waals surface area contributed by atoms with Crippen molar-refractivity contribution in [1.82, 2.24) is 14.8 Å². The summed E-state index contributed by atoms with van der Waals surface area (Å²) in [5.41, 5.74) is 2.28. The van der Waals surface area contributed by atoms with Crippen molar-refractivity contribution >= 4 is 17.7 Å². The average Bonchev–Trinajstić information content (AvgIpc) is 2.88. The fraction of sp³-hybridized carbons (Fsp3) is 0.438. The highest BCUT2D eigenvalue weighted by Crippen LogP contribution is 2.26. The van der Waals surface area contributed by atoms with Crippen molar-refractivity contribution in [1.29, 1.82) is 0 Å². The molecule has 2 aromatic rings. The van der Waals surface area contributed by atoms with Crippen LogP contribution in [0.15, 0.2) is 23.4 Å². The second kappa shape index (κ2) is 7.50. The number of carbonyl (C=O) groups excluding carboxylic acids is 1. The number of aryl methyl sites for hydroxylation is 2. The van der Waals surface area contributed by atoms with E-state index in [9.17, 15) is 4.79 Å². The largest absolute Gasteiger partial charge is 0.482 e. The van der Waals surface area contributed by atoms with E-state index in [-0.39, 0.29) is 17.8 Å². The van der Waals surface area contributed by atoms with Crippen molar-refractivity contribution in [3.05, 3.63) is 35.2 Å². The van der Waals surface area contributed by atoms with Crippen LogP contribution in [0.2, 0.25) is 0 Å². The number of nitrogens with zero attached hydrogens (tertiary/aromatic N) is 3. The Hall–Kier alpha value is -2.02. The highest BCUT2D eigenvalue weighted by atomic mass is 32.2. The van der Waals surface area contributed by atoms with Crippen LogP contribution in [-0.4, -0.2) is 33.6 Å². The molecule has 0 saturated carbocycles. The number of hydrogen-bond donors (Lipinski definition) is 0. The van der Waals surface area contributed by atoms with Crippen molar-refractivity contribution in [2.75, 3.05) is 12.9 Å². The molecule has 124 valence electrons. The number of carbonyl (C=O) groups is 1. The molecule has 0 saturated heterocycles. The number of benzene rings is 1. The van der Waals surface area contributed by atoms with Gasteiger partial charge in [0, 0.05) is 7.05 Å². The van der Waals surface area contributed by atoms with E-state index in [0.29, 0.717) is 11.0 Å². The molecule has 0 amide bonds. The van der Waals surface area contributed by atoms with Crippen LogP contribution < -0.4 is 4.74 Å². The molecule has 0 unspecified atom stereocenters. The van der Waals surface area contributed by atoms with Crippen LogP contribution in [0, 0.1) is 13.8 Å². The van der Waals surface area contributed by atoms with Crippen molar-refractivity contribution in [3.63, 3.8) is 0 Å². The van der Waals surface area contributed by atoms with Crippen molar-refractivity contribution in [2.24, 2.45) is 7.05 Å². The molecule has 0 aliphatic heterocycles. The first-order valence-electron chi connectivity index (χ1n) is 7.25. The quantitative estimate of drug-likeness (QED) is 0.597. The Bertz CT molecular complexity index is 700. The molecule has 2 rings (SSSR count). The van der Waals surface area contributed by atoms with Gasteiger partial charge < -0.3 is 14.0 Å². The Morgan fingerprint density at radius 3 is 2.74 bits per heavy atom. The van der Waals surface area contributed by atoms with E-state index < -0.39 is 0 Å². The minimum atomic E-state index is -0.292. The summed E-state index contributed by atoms with van der Waals surface area (Å²) in [6.45, 7) is 6.00. The Morgan fingerprint density at radius 2 is 2.09 bits per heavy atom. The van der Waals surface area contributed by atoms with Gasteiger partial charge in [-0.25, -0.2) is 0 Å². The molecule has 1 aromatic heterocycles. The maximum absolute atomic E-state index is 11.2. The molecule has 7 heteroatoms. The van der Waals surface area contributed by atoms with Crippen molar-refractivity contribution in [3.8, 4) is 5.75 Å². The number of rotatable bonds is 6. The minimum absolute atomic E-state index is 0.203. The van der Waals surface area contributed by atoms with Crippen LogP contribution >= 0.6 is 11.8 Å². The van der Waals surface area contributed by atoms with Gasteiger partial charge >= 0.3 is 5.97 Å². The van der Waals surface area contributed by atoms with Crippen LogP contribution in [-0.2, 0) is 16.6 Å². The van der Waals surface area contributed by atoms with Gasteiger partial charge in [0.2, 0.25) is 0 Å². The summed E-state index contributed by atoms with van der Waals surface area (Å²) in [5, 5.41) is 8.94. The third kappa shape index (κ3) is 4.25.